The number of amides is 4. The van der Waals surface area contributed by atoms with Crippen LogP contribution in [0.4, 0.5) is 10.5 Å². The number of hydrogen-bond donors (Lipinski definition) is 0. The van der Waals surface area contributed by atoms with Crippen LogP contribution < -0.4 is 4.90 Å². The zero-order valence-corrected chi connectivity index (χ0v) is 19.6. The lowest BCUT2D eigenvalue weighted by atomic mass is 9.59. The van der Waals surface area contributed by atoms with E-state index < -0.39 is 47.8 Å². The SMILES string of the molecule is CCC1=C2CC[C@H]3C(=O)N(c4ccccc4)C(=O)[C@H]3[C@H]2[C@@]2(C)C(=NCC(=O)OC)OC(=O)N2C1=O. The lowest BCUT2D eigenvalue weighted by molar-refractivity contribution is -0.138. The van der Waals surface area contributed by atoms with Gasteiger partial charge < -0.3 is 9.47 Å². The molecule has 1 aliphatic carbocycles. The molecular weight excluding hydrogens is 454 g/mol. The third kappa shape index (κ3) is 3.08. The minimum Gasteiger partial charge on any atom is -0.468 e. The molecule has 3 fully saturated rings. The zero-order chi connectivity index (χ0) is 25.1. The van der Waals surface area contributed by atoms with E-state index in [1.54, 1.807) is 37.3 Å². The van der Waals surface area contributed by atoms with Crippen LogP contribution in [0, 0.1) is 17.8 Å². The Hall–Kier alpha value is -3.82. The highest BCUT2D eigenvalue weighted by molar-refractivity contribution is 6.23. The number of carbonyl (C=O) groups excluding carboxylic acids is 5. The predicted molar refractivity (Wildman–Crippen MR) is 122 cm³/mol. The number of methoxy groups -OCH3 is 1. The van der Waals surface area contributed by atoms with E-state index in [-0.39, 0.29) is 17.7 Å². The number of aliphatic imine (C=N–C) groups is 1. The topological polar surface area (TPSA) is 123 Å². The van der Waals surface area contributed by atoms with E-state index >= 15 is 0 Å². The van der Waals surface area contributed by atoms with Crippen molar-refractivity contribution in [1.29, 1.82) is 0 Å². The fraction of sp³-hybridized carbons (Fsp3) is 0.440. The van der Waals surface area contributed by atoms with Gasteiger partial charge in [-0.3, -0.25) is 24.1 Å². The van der Waals surface area contributed by atoms with Gasteiger partial charge in [0.15, 0.2) is 0 Å². The highest BCUT2D eigenvalue weighted by Gasteiger charge is 2.68. The standard InChI is InChI=1S/C25H25N3O7/c1-4-14-15-10-11-16-18(22(32)27(20(16)30)13-8-6-5-7-9-13)19(15)25(2)23(26-12-17(29)34-3)35-24(33)28(25)21(14)31/h5-9,16,18-19H,4,10-12H2,1-3H3/t16-,18-,19+,25+/m1/s1. The largest absolute Gasteiger partial charge is 0.468 e. The maximum Gasteiger partial charge on any atom is 0.424 e. The number of ether oxygens (including phenoxy) is 2. The van der Waals surface area contributed by atoms with E-state index in [0.717, 1.165) is 10.5 Å². The molecule has 1 aromatic carbocycles. The molecule has 3 aliphatic heterocycles. The summed E-state index contributed by atoms with van der Waals surface area (Å²) >= 11 is 0. The average molecular weight is 479 g/mol. The highest BCUT2D eigenvalue weighted by atomic mass is 16.6. The molecule has 0 spiro atoms. The Balaban J connectivity index is 1.67. The van der Waals surface area contributed by atoms with Gasteiger partial charge >= 0.3 is 12.1 Å². The molecule has 182 valence electrons. The van der Waals surface area contributed by atoms with Gasteiger partial charge in [0, 0.05) is 11.5 Å². The normalized spacial score (nSPS) is 30.9. The predicted octanol–water partition coefficient (Wildman–Crippen LogP) is 2.23. The van der Waals surface area contributed by atoms with Gasteiger partial charge in [0.1, 0.15) is 12.1 Å². The summed E-state index contributed by atoms with van der Waals surface area (Å²) in [6.45, 7) is 3.02. The van der Waals surface area contributed by atoms with Crippen LogP contribution in [0.25, 0.3) is 0 Å². The fourth-order valence-electron chi connectivity index (χ4n) is 6.10. The second-order valence-corrected chi connectivity index (χ2v) is 9.21. The number of nitrogens with zero attached hydrogens (tertiary/aromatic N) is 3. The van der Waals surface area contributed by atoms with E-state index in [2.05, 4.69) is 9.73 Å². The molecule has 0 radical (unpaired) electrons. The monoisotopic (exact) mass is 479 g/mol. The molecule has 3 heterocycles. The summed E-state index contributed by atoms with van der Waals surface area (Å²) in [6.07, 6.45) is 0.302. The molecule has 10 nitrogen and oxygen atoms in total. The van der Waals surface area contributed by atoms with E-state index in [1.807, 2.05) is 6.92 Å². The Labute approximate surface area is 201 Å². The van der Waals surface area contributed by atoms with Gasteiger partial charge in [-0.15, -0.1) is 0 Å². The van der Waals surface area contributed by atoms with Gasteiger partial charge in [-0.2, -0.15) is 0 Å². The Kier molecular flexibility index (Phi) is 5.34. The number of carbonyl (C=O) groups is 5. The van der Waals surface area contributed by atoms with Crippen LogP contribution in [-0.4, -0.2) is 59.8 Å². The number of esters is 1. The number of cyclic esters (lactones) is 1. The van der Waals surface area contributed by atoms with Gasteiger partial charge in [0.05, 0.1) is 24.6 Å². The summed E-state index contributed by atoms with van der Waals surface area (Å²) in [4.78, 5) is 71.8. The molecule has 4 amide bonds. The summed E-state index contributed by atoms with van der Waals surface area (Å²) in [5.74, 6) is -4.08. The Morgan fingerprint density at radius 3 is 2.54 bits per heavy atom. The van der Waals surface area contributed by atoms with Crippen molar-refractivity contribution in [1.82, 2.24) is 4.90 Å². The molecular formula is C25H25N3O7. The molecule has 5 rings (SSSR count). The van der Waals surface area contributed by atoms with Crippen molar-refractivity contribution in [3.8, 4) is 0 Å². The molecule has 35 heavy (non-hydrogen) atoms. The molecule has 0 bridgehead atoms. The minimum atomic E-state index is -1.46. The third-order valence-electron chi connectivity index (χ3n) is 7.60. The van der Waals surface area contributed by atoms with Crippen molar-refractivity contribution in [3.63, 3.8) is 0 Å². The first-order chi connectivity index (χ1) is 16.7. The first-order valence-corrected chi connectivity index (χ1v) is 11.6. The summed E-state index contributed by atoms with van der Waals surface area (Å²) in [5, 5.41) is 0. The van der Waals surface area contributed by atoms with Crippen LogP contribution in [0.15, 0.2) is 46.5 Å². The van der Waals surface area contributed by atoms with Gasteiger partial charge in [-0.25, -0.2) is 14.7 Å². The Morgan fingerprint density at radius 2 is 1.89 bits per heavy atom. The molecule has 4 aliphatic rings. The number of para-hydroxylation sites is 1. The third-order valence-corrected chi connectivity index (χ3v) is 7.60. The summed E-state index contributed by atoms with van der Waals surface area (Å²) in [7, 11) is 1.21. The molecule has 0 N–H and O–H groups in total. The quantitative estimate of drug-likeness (QED) is 0.479. The van der Waals surface area contributed by atoms with E-state index in [9.17, 15) is 24.0 Å². The number of fused-ring (bicyclic) bond motifs is 5. The second kappa shape index (κ2) is 8.14. The molecule has 0 unspecified atom stereocenters. The van der Waals surface area contributed by atoms with Crippen LogP contribution in [-0.2, 0) is 28.7 Å². The first kappa shape index (κ1) is 22.9. The molecule has 2 saturated heterocycles. The summed E-state index contributed by atoms with van der Waals surface area (Å²) in [6, 6.07) is 8.70. The van der Waals surface area contributed by atoms with Crippen molar-refractivity contribution in [3.05, 3.63) is 41.5 Å². The lowest BCUT2D eigenvalue weighted by Gasteiger charge is -2.48. The van der Waals surface area contributed by atoms with Crippen molar-refractivity contribution in [2.45, 2.75) is 38.6 Å². The molecule has 4 atom stereocenters. The smallest absolute Gasteiger partial charge is 0.424 e. The van der Waals surface area contributed by atoms with Gasteiger partial charge in [-0.1, -0.05) is 30.7 Å². The number of imide groups is 2. The lowest BCUT2D eigenvalue weighted by Crippen LogP contribution is -2.63. The number of benzene rings is 1. The van der Waals surface area contributed by atoms with Crippen molar-refractivity contribution < 1.29 is 33.4 Å². The van der Waals surface area contributed by atoms with E-state index in [1.165, 1.54) is 12.0 Å². The number of hydrogen-bond acceptors (Lipinski definition) is 8. The number of anilines is 1. The van der Waals surface area contributed by atoms with Gasteiger partial charge in [0.25, 0.3) is 5.91 Å². The maximum absolute atomic E-state index is 13.9. The summed E-state index contributed by atoms with van der Waals surface area (Å²) < 4.78 is 10.1. The fourth-order valence-corrected chi connectivity index (χ4v) is 6.10. The Bertz CT molecular complexity index is 1220. The van der Waals surface area contributed by atoms with Crippen molar-refractivity contribution in [2.75, 3.05) is 18.6 Å². The van der Waals surface area contributed by atoms with Crippen LogP contribution in [0.1, 0.15) is 33.1 Å². The van der Waals surface area contributed by atoms with Crippen LogP contribution in [0.2, 0.25) is 0 Å². The van der Waals surface area contributed by atoms with Gasteiger partial charge in [0.2, 0.25) is 17.7 Å². The van der Waals surface area contributed by atoms with Crippen molar-refractivity contribution in [2.24, 2.45) is 22.7 Å². The van der Waals surface area contributed by atoms with Gasteiger partial charge in [-0.05, 0) is 38.3 Å². The zero-order valence-electron chi connectivity index (χ0n) is 19.6. The molecule has 0 aromatic heterocycles. The van der Waals surface area contributed by atoms with Crippen LogP contribution in [0.5, 0.6) is 0 Å². The van der Waals surface area contributed by atoms with Crippen molar-refractivity contribution >= 4 is 41.4 Å². The maximum atomic E-state index is 13.9. The Morgan fingerprint density at radius 1 is 1.17 bits per heavy atom. The molecule has 1 aromatic rings. The van der Waals surface area contributed by atoms with E-state index in [4.69, 9.17) is 4.74 Å². The van der Waals surface area contributed by atoms with E-state index in [0.29, 0.717) is 30.5 Å². The van der Waals surface area contributed by atoms with Crippen LogP contribution >= 0.6 is 0 Å². The minimum absolute atomic E-state index is 0.127. The summed E-state index contributed by atoms with van der Waals surface area (Å²) in [5.41, 5.74) is 0.223. The van der Waals surface area contributed by atoms with Crippen LogP contribution in [0.3, 0.4) is 0 Å². The average Bonchev–Trinajstić information content (AvgIpc) is 3.27. The first-order valence-electron chi connectivity index (χ1n) is 11.6. The highest BCUT2D eigenvalue weighted by Crippen LogP contribution is 2.56. The molecule has 10 heteroatoms. The second-order valence-electron chi connectivity index (χ2n) is 9.21. The number of rotatable bonds is 4. The molecule has 1 saturated carbocycles.